The Hall–Kier alpha value is -0.380. The van der Waals surface area contributed by atoms with E-state index in [1.165, 1.54) is 4.88 Å². The normalized spacial score (nSPS) is 10.3. The van der Waals surface area contributed by atoms with E-state index in [4.69, 9.17) is 5.11 Å². The smallest absolute Gasteiger partial charge is 0.0555 e. The molecule has 0 saturated carbocycles. The quantitative estimate of drug-likeness (QED) is 0.644. The summed E-state index contributed by atoms with van der Waals surface area (Å²) in [5, 5.41) is 13.7. The van der Waals surface area contributed by atoms with Crippen LogP contribution in [-0.4, -0.2) is 24.8 Å². The number of aliphatic hydroxyl groups excluding tert-OH is 1. The molecule has 3 heteroatoms. The second kappa shape index (κ2) is 5.29. The van der Waals surface area contributed by atoms with Crippen LogP contribution in [0.5, 0.6) is 0 Å². The van der Waals surface area contributed by atoms with Crippen molar-refractivity contribution in [2.24, 2.45) is 0 Å². The van der Waals surface area contributed by atoms with E-state index in [1.54, 1.807) is 11.3 Å². The molecule has 11 heavy (non-hydrogen) atoms. The molecule has 0 aliphatic heterocycles. The van der Waals surface area contributed by atoms with E-state index in [9.17, 15) is 0 Å². The number of nitrogens with one attached hydrogen (secondary N) is 1. The highest BCUT2D eigenvalue weighted by molar-refractivity contribution is 7.09. The van der Waals surface area contributed by atoms with Gasteiger partial charge in [0, 0.05) is 18.0 Å². The molecule has 0 aromatic carbocycles. The first-order valence-corrected chi connectivity index (χ1v) is 4.65. The average Bonchev–Trinajstić information content (AvgIpc) is 2.50. The van der Waals surface area contributed by atoms with Gasteiger partial charge in [-0.3, -0.25) is 0 Å². The van der Waals surface area contributed by atoms with Gasteiger partial charge in [-0.2, -0.15) is 0 Å². The zero-order valence-electron chi connectivity index (χ0n) is 6.42. The van der Waals surface area contributed by atoms with Crippen LogP contribution >= 0.6 is 11.3 Å². The van der Waals surface area contributed by atoms with E-state index < -0.39 is 0 Å². The summed E-state index contributed by atoms with van der Waals surface area (Å²) in [5.41, 5.74) is 0. The maximum absolute atomic E-state index is 8.46. The van der Waals surface area contributed by atoms with Gasteiger partial charge in [-0.1, -0.05) is 6.07 Å². The highest BCUT2D eigenvalue weighted by atomic mass is 32.1. The Kier molecular flexibility index (Phi) is 4.19. The Labute approximate surface area is 70.9 Å². The maximum atomic E-state index is 8.46. The predicted molar refractivity (Wildman–Crippen MR) is 48.0 cm³/mol. The third-order valence-electron chi connectivity index (χ3n) is 1.42. The molecule has 0 saturated heterocycles. The van der Waals surface area contributed by atoms with Gasteiger partial charge in [-0.05, 0) is 17.9 Å². The summed E-state index contributed by atoms with van der Waals surface area (Å²) in [6, 6.07) is 4.19. The molecule has 62 valence electrons. The molecule has 0 radical (unpaired) electrons. The van der Waals surface area contributed by atoms with Crippen molar-refractivity contribution < 1.29 is 5.11 Å². The fourth-order valence-electron chi connectivity index (χ4n) is 0.870. The molecule has 0 unspecified atom stereocenters. The Bertz CT molecular complexity index is 174. The summed E-state index contributed by atoms with van der Waals surface area (Å²) in [5.74, 6) is 0. The van der Waals surface area contributed by atoms with Gasteiger partial charge in [-0.15, -0.1) is 11.3 Å². The van der Waals surface area contributed by atoms with Gasteiger partial charge in [0.25, 0.3) is 0 Å². The lowest BCUT2D eigenvalue weighted by atomic mass is 10.3. The van der Waals surface area contributed by atoms with Crippen LogP contribution in [0.3, 0.4) is 0 Å². The number of thiophene rings is 1. The van der Waals surface area contributed by atoms with E-state index in [-0.39, 0.29) is 6.61 Å². The van der Waals surface area contributed by atoms with Crippen molar-refractivity contribution in [3.8, 4) is 0 Å². The molecular formula is C8H13NOS. The monoisotopic (exact) mass is 171 g/mol. The first kappa shape index (κ1) is 8.71. The lowest BCUT2D eigenvalue weighted by molar-refractivity contribution is 0.293. The zero-order chi connectivity index (χ0) is 7.94. The van der Waals surface area contributed by atoms with Crippen molar-refractivity contribution in [3.63, 3.8) is 0 Å². The molecule has 0 aliphatic rings. The molecule has 0 atom stereocenters. The number of hydrogen-bond donors (Lipinski definition) is 2. The van der Waals surface area contributed by atoms with Crippen molar-refractivity contribution in [1.29, 1.82) is 0 Å². The van der Waals surface area contributed by atoms with Crippen LogP contribution in [-0.2, 0) is 6.42 Å². The van der Waals surface area contributed by atoms with Crippen LogP contribution in [0.25, 0.3) is 0 Å². The Balaban J connectivity index is 2.04. The van der Waals surface area contributed by atoms with E-state index in [2.05, 4.69) is 22.8 Å². The van der Waals surface area contributed by atoms with Gasteiger partial charge in [0.2, 0.25) is 0 Å². The number of rotatable bonds is 5. The highest BCUT2D eigenvalue weighted by Gasteiger charge is 1.91. The van der Waals surface area contributed by atoms with Gasteiger partial charge in [-0.25, -0.2) is 0 Å². The highest BCUT2D eigenvalue weighted by Crippen LogP contribution is 2.07. The second-order valence-corrected chi connectivity index (χ2v) is 3.34. The maximum Gasteiger partial charge on any atom is 0.0555 e. The third-order valence-corrected chi connectivity index (χ3v) is 2.35. The van der Waals surface area contributed by atoms with Crippen molar-refractivity contribution in [2.75, 3.05) is 19.7 Å². The lowest BCUT2D eigenvalue weighted by Gasteiger charge is -1.99. The molecule has 0 spiro atoms. The molecule has 1 aromatic rings. The molecule has 0 fully saturated rings. The molecule has 2 N–H and O–H groups in total. The van der Waals surface area contributed by atoms with Crippen LogP contribution in [0.4, 0.5) is 0 Å². The van der Waals surface area contributed by atoms with Gasteiger partial charge in [0.1, 0.15) is 0 Å². The third kappa shape index (κ3) is 3.51. The Morgan fingerprint density at radius 2 is 2.36 bits per heavy atom. The SMILES string of the molecule is OCCNCCc1cccs1. The molecule has 1 heterocycles. The van der Waals surface area contributed by atoms with Crippen LogP contribution in [0.15, 0.2) is 17.5 Å². The fraction of sp³-hybridized carbons (Fsp3) is 0.500. The van der Waals surface area contributed by atoms with Crippen LogP contribution < -0.4 is 5.32 Å². The summed E-state index contributed by atoms with van der Waals surface area (Å²) in [6.45, 7) is 1.89. The summed E-state index contributed by atoms with van der Waals surface area (Å²) in [7, 11) is 0. The molecule has 0 aliphatic carbocycles. The molecular weight excluding hydrogens is 158 g/mol. The van der Waals surface area contributed by atoms with E-state index in [0.29, 0.717) is 6.54 Å². The van der Waals surface area contributed by atoms with Gasteiger partial charge in [0.05, 0.1) is 6.61 Å². The van der Waals surface area contributed by atoms with Gasteiger partial charge < -0.3 is 10.4 Å². The summed E-state index contributed by atoms with van der Waals surface area (Å²) in [6.07, 6.45) is 1.07. The summed E-state index contributed by atoms with van der Waals surface area (Å²) in [4.78, 5) is 1.40. The predicted octanol–water partition coefficient (Wildman–Crippen LogP) is 0.872. The standard InChI is InChI=1S/C8H13NOS/c10-6-5-9-4-3-8-2-1-7-11-8/h1-2,7,9-10H,3-6H2. The van der Waals surface area contributed by atoms with E-state index in [1.807, 2.05) is 0 Å². The van der Waals surface area contributed by atoms with Crippen LogP contribution in [0.2, 0.25) is 0 Å². The van der Waals surface area contributed by atoms with Gasteiger partial charge in [0.15, 0.2) is 0 Å². The Morgan fingerprint density at radius 1 is 1.45 bits per heavy atom. The largest absolute Gasteiger partial charge is 0.395 e. The Morgan fingerprint density at radius 3 is 3.00 bits per heavy atom. The molecule has 1 aromatic heterocycles. The van der Waals surface area contributed by atoms with Crippen LogP contribution in [0, 0.1) is 0 Å². The number of hydrogen-bond acceptors (Lipinski definition) is 3. The zero-order valence-corrected chi connectivity index (χ0v) is 7.23. The van der Waals surface area contributed by atoms with Crippen molar-refractivity contribution in [3.05, 3.63) is 22.4 Å². The second-order valence-electron chi connectivity index (χ2n) is 2.30. The van der Waals surface area contributed by atoms with E-state index in [0.717, 1.165) is 13.0 Å². The minimum absolute atomic E-state index is 0.227. The van der Waals surface area contributed by atoms with Crippen molar-refractivity contribution in [1.82, 2.24) is 5.32 Å². The minimum Gasteiger partial charge on any atom is -0.395 e. The van der Waals surface area contributed by atoms with Crippen molar-refractivity contribution in [2.45, 2.75) is 6.42 Å². The van der Waals surface area contributed by atoms with Crippen LogP contribution in [0.1, 0.15) is 4.88 Å². The first-order valence-electron chi connectivity index (χ1n) is 3.77. The minimum atomic E-state index is 0.227. The van der Waals surface area contributed by atoms with Crippen molar-refractivity contribution >= 4 is 11.3 Å². The number of aliphatic hydroxyl groups is 1. The first-order chi connectivity index (χ1) is 5.43. The lowest BCUT2D eigenvalue weighted by Crippen LogP contribution is -2.20. The molecule has 0 amide bonds. The van der Waals surface area contributed by atoms with Gasteiger partial charge >= 0.3 is 0 Å². The summed E-state index contributed by atoms with van der Waals surface area (Å²) >= 11 is 1.78. The molecule has 1 rings (SSSR count). The topological polar surface area (TPSA) is 32.3 Å². The molecule has 0 bridgehead atoms. The van der Waals surface area contributed by atoms with E-state index >= 15 is 0 Å². The fourth-order valence-corrected chi connectivity index (χ4v) is 1.58. The summed E-state index contributed by atoms with van der Waals surface area (Å²) < 4.78 is 0. The molecule has 2 nitrogen and oxygen atoms in total. The average molecular weight is 171 g/mol.